The van der Waals surface area contributed by atoms with E-state index in [1.54, 1.807) is 0 Å². The van der Waals surface area contributed by atoms with Gasteiger partial charge in [-0.1, -0.05) is 194 Å². The molecular formula is C74H47N3. The third-order valence-corrected chi connectivity index (χ3v) is 16.2. The molecule has 0 saturated carbocycles. The summed E-state index contributed by atoms with van der Waals surface area (Å²) in [7, 11) is 0. The van der Waals surface area contributed by atoms with Gasteiger partial charge in [0.05, 0.1) is 38.8 Å². The number of nitrogens with zero attached hydrogens (tertiary/aromatic N) is 3. The van der Waals surface area contributed by atoms with E-state index >= 15 is 0 Å². The summed E-state index contributed by atoms with van der Waals surface area (Å²) in [6.45, 7) is 0. The molecule has 77 heavy (non-hydrogen) atoms. The van der Waals surface area contributed by atoms with Crippen LogP contribution in [0.5, 0.6) is 0 Å². The van der Waals surface area contributed by atoms with E-state index in [2.05, 4.69) is 299 Å². The second-order valence-corrected chi connectivity index (χ2v) is 20.5. The maximum Gasteiger partial charge on any atom is 0.0547 e. The summed E-state index contributed by atoms with van der Waals surface area (Å²) in [6.07, 6.45) is 0. The zero-order valence-electron chi connectivity index (χ0n) is 42.0. The molecule has 0 atom stereocenters. The van der Waals surface area contributed by atoms with Crippen LogP contribution in [0.1, 0.15) is 0 Å². The fourth-order valence-corrected chi connectivity index (χ4v) is 12.6. The van der Waals surface area contributed by atoms with Gasteiger partial charge in [0.2, 0.25) is 0 Å². The Labute approximate surface area is 445 Å². The van der Waals surface area contributed by atoms with Gasteiger partial charge in [0, 0.05) is 49.3 Å². The van der Waals surface area contributed by atoms with Crippen LogP contribution in [0.3, 0.4) is 0 Å². The first-order valence-corrected chi connectivity index (χ1v) is 26.6. The number of para-hydroxylation sites is 3. The maximum absolute atomic E-state index is 2.49. The number of rotatable bonds is 7. The monoisotopic (exact) mass is 977 g/mol. The van der Waals surface area contributed by atoms with E-state index in [1.165, 1.54) is 115 Å². The van der Waals surface area contributed by atoms with Gasteiger partial charge in [-0.2, -0.15) is 0 Å². The molecule has 0 fully saturated rings. The fraction of sp³-hybridized carbons (Fsp3) is 0. The van der Waals surface area contributed by atoms with Crippen LogP contribution in [-0.4, -0.2) is 13.7 Å². The molecule has 0 unspecified atom stereocenters. The Balaban J connectivity index is 0.927. The molecule has 0 aliphatic rings. The number of hydrogen-bond donors (Lipinski definition) is 0. The van der Waals surface area contributed by atoms with Crippen LogP contribution >= 0.6 is 0 Å². The summed E-state index contributed by atoms with van der Waals surface area (Å²) in [4.78, 5) is 0. The second-order valence-electron chi connectivity index (χ2n) is 20.5. The third kappa shape index (κ3) is 6.84. The van der Waals surface area contributed by atoms with Crippen molar-refractivity contribution in [1.29, 1.82) is 0 Å². The van der Waals surface area contributed by atoms with Crippen molar-refractivity contribution in [1.82, 2.24) is 13.7 Å². The van der Waals surface area contributed by atoms with E-state index < -0.39 is 0 Å². The van der Waals surface area contributed by atoms with Crippen molar-refractivity contribution in [3.05, 3.63) is 285 Å². The van der Waals surface area contributed by atoms with Gasteiger partial charge in [0.1, 0.15) is 0 Å². The molecule has 13 aromatic carbocycles. The molecule has 0 amide bonds. The van der Waals surface area contributed by atoms with Crippen LogP contribution in [0.4, 0.5) is 0 Å². The van der Waals surface area contributed by atoms with Crippen molar-refractivity contribution < 1.29 is 0 Å². The lowest BCUT2D eigenvalue weighted by atomic mass is 9.95. The van der Waals surface area contributed by atoms with E-state index in [-0.39, 0.29) is 0 Å². The molecule has 16 aromatic rings. The van der Waals surface area contributed by atoms with E-state index in [0.717, 1.165) is 33.8 Å². The predicted molar refractivity (Wildman–Crippen MR) is 326 cm³/mol. The molecular weight excluding hydrogens is 931 g/mol. The fourth-order valence-electron chi connectivity index (χ4n) is 12.6. The van der Waals surface area contributed by atoms with Crippen molar-refractivity contribution in [2.45, 2.75) is 0 Å². The maximum atomic E-state index is 2.49. The van der Waals surface area contributed by atoms with Crippen molar-refractivity contribution in [3.63, 3.8) is 0 Å². The average molecular weight is 978 g/mol. The van der Waals surface area contributed by atoms with Gasteiger partial charge in [-0.3, -0.25) is 0 Å². The number of fused-ring (bicyclic) bond motifs is 12. The molecule has 0 bridgehead atoms. The van der Waals surface area contributed by atoms with E-state index in [9.17, 15) is 0 Å². The number of aromatic nitrogens is 3. The minimum Gasteiger partial charge on any atom is -0.309 e. The Kier molecular flexibility index (Phi) is 9.64. The topological polar surface area (TPSA) is 14.8 Å². The van der Waals surface area contributed by atoms with Crippen LogP contribution in [0, 0.1) is 0 Å². The average Bonchev–Trinajstić information content (AvgIpc) is 4.30. The smallest absolute Gasteiger partial charge is 0.0547 e. The van der Waals surface area contributed by atoms with E-state index in [4.69, 9.17) is 0 Å². The van der Waals surface area contributed by atoms with Crippen LogP contribution < -0.4 is 0 Å². The van der Waals surface area contributed by atoms with Gasteiger partial charge >= 0.3 is 0 Å². The highest BCUT2D eigenvalue weighted by molar-refractivity contribution is 6.21. The van der Waals surface area contributed by atoms with Crippen molar-refractivity contribution in [2.24, 2.45) is 0 Å². The lowest BCUT2D eigenvalue weighted by Crippen LogP contribution is -1.98. The van der Waals surface area contributed by atoms with Gasteiger partial charge in [0.25, 0.3) is 0 Å². The van der Waals surface area contributed by atoms with Gasteiger partial charge in [-0.15, -0.1) is 0 Å². The molecule has 0 aliphatic carbocycles. The largest absolute Gasteiger partial charge is 0.309 e. The summed E-state index contributed by atoms with van der Waals surface area (Å²) in [6, 6.07) is 105. The zero-order valence-corrected chi connectivity index (χ0v) is 42.0. The first kappa shape index (κ1) is 43.2. The molecule has 3 heteroatoms. The Bertz CT molecular complexity index is 5030. The second kappa shape index (κ2) is 17.2. The summed E-state index contributed by atoms with van der Waals surface area (Å²) < 4.78 is 7.39. The normalized spacial score (nSPS) is 11.9. The van der Waals surface area contributed by atoms with Crippen LogP contribution in [0.2, 0.25) is 0 Å². The molecule has 0 spiro atoms. The summed E-state index contributed by atoms with van der Waals surface area (Å²) in [5.74, 6) is 0. The van der Waals surface area contributed by atoms with Crippen LogP contribution in [0.25, 0.3) is 149 Å². The predicted octanol–water partition coefficient (Wildman–Crippen LogP) is 20.0. The SMILES string of the molecule is c1ccc(-c2ccc(-n3c4ccccc4c4cc(-c5cc(-c6ccc7c(c6)c6ccccc6n7-c6ccc7ccccc7c6)cc(-n6c7ccccc7c7c8ccccc8ccc76)c5)ccc43)c(-c3ccccc3)c2)cc1. The molecule has 0 radical (unpaired) electrons. The van der Waals surface area contributed by atoms with Crippen molar-refractivity contribution >= 4 is 87.0 Å². The quantitative estimate of drug-likeness (QED) is 0.151. The molecule has 0 aliphatic heterocycles. The molecule has 3 heterocycles. The highest BCUT2D eigenvalue weighted by Gasteiger charge is 2.21. The van der Waals surface area contributed by atoms with Gasteiger partial charge in [0.15, 0.2) is 0 Å². The minimum absolute atomic E-state index is 1.12. The third-order valence-electron chi connectivity index (χ3n) is 16.2. The van der Waals surface area contributed by atoms with Crippen LogP contribution in [-0.2, 0) is 0 Å². The molecule has 358 valence electrons. The standard InChI is InChI=1S/C74H47N3/c1-3-17-48(18-4-1)53-33-37-70(64(45-53)50-20-5-2-6-21-50)77-68-29-15-12-26-62(68)66-47-55(35-39-72(66)77)57-41-56(43-59(44-57)76-69-30-16-13-27-63(69)74-60-24-10-9-22-51(60)32-40-73(74)76)54-34-38-71-65(46-54)61-25-11-14-28-67(61)75(71)58-36-31-49-19-7-8-23-52(49)42-58/h1-47H. The van der Waals surface area contributed by atoms with Gasteiger partial charge in [-0.25, -0.2) is 0 Å². The van der Waals surface area contributed by atoms with Crippen molar-refractivity contribution in [2.75, 3.05) is 0 Å². The zero-order chi connectivity index (χ0) is 50.6. The Morgan fingerprint density at radius 3 is 1.35 bits per heavy atom. The number of hydrogen-bond acceptors (Lipinski definition) is 0. The lowest BCUT2D eigenvalue weighted by molar-refractivity contribution is 1.18. The molecule has 3 aromatic heterocycles. The minimum atomic E-state index is 1.12. The first-order chi connectivity index (χ1) is 38.2. The Morgan fingerprint density at radius 1 is 0.195 bits per heavy atom. The van der Waals surface area contributed by atoms with Crippen LogP contribution in [0.15, 0.2) is 285 Å². The molecule has 0 saturated heterocycles. The van der Waals surface area contributed by atoms with E-state index in [0.29, 0.717) is 0 Å². The Hall–Kier alpha value is -10.2. The number of benzene rings is 13. The summed E-state index contributed by atoms with van der Waals surface area (Å²) in [5, 5.41) is 12.4. The summed E-state index contributed by atoms with van der Waals surface area (Å²) >= 11 is 0. The van der Waals surface area contributed by atoms with E-state index in [1.807, 2.05) is 0 Å². The van der Waals surface area contributed by atoms with Gasteiger partial charge in [-0.05, 0) is 151 Å². The summed E-state index contributed by atoms with van der Waals surface area (Å²) in [5.41, 5.74) is 19.9. The highest BCUT2D eigenvalue weighted by atomic mass is 15.0. The van der Waals surface area contributed by atoms with Crippen molar-refractivity contribution in [3.8, 4) is 61.6 Å². The molecule has 16 rings (SSSR count). The Morgan fingerprint density at radius 2 is 0.662 bits per heavy atom. The molecule has 3 nitrogen and oxygen atoms in total. The lowest BCUT2D eigenvalue weighted by Gasteiger charge is -2.16. The highest BCUT2D eigenvalue weighted by Crippen LogP contribution is 2.44. The first-order valence-electron chi connectivity index (χ1n) is 26.6. The van der Waals surface area contributed by atoms with Gasteiger partial charge < -0.3 is 13.7 Å². The molecule has 0 N–H and O–H groups in total.